The highest BCUT2D eigenvalue weighted by molar-refractivity contribution is 7.14. The van der Waals surface area contributed by atoms with Crippen molar-refractivity contribution in [2.24, 2.45) is 0 Å². The number of morpholine rings is 1. The molecule has 0 radical (unpaired) electrons. The lowest BCUT2D eigenvalue weighted by Gasteiger charge is -2.25. The molecule has 9 heteroatoms. The highest BCUT2D eigenvalue weighted by atomic mass is 35.5. The molecule has 3 N–H and O–H groups in total. The Balaban J connectivity index is 0.00000144. The molecule has 3 rings (SSSR count). The number of amides is 1. The first-order chi connectivity index (χ1) is 10.7. The Kier molecular flexibility index (Phi) is 8.44. The highest BCUT2D eigenvalue weighted by Gasteiger charge is 2.14. The van der Waals surface area contributed by atoms with E-state index in [9.17, 15) is 4.79 Å². The summed E-state index contributed by atoms with van der Waals surface area (Å²) < 4.78 is 5.33. The number of nitrogens with two attached hydrogens (primary N) is 1. The third kappa shape index (κ3) is 5.32. The number of thiazole rings is 1. The van der Waals surface area contributed by atoms with Gasteiger partial charge < -0.3 is 10.5 Å². The molecule has 132 valence electrons. The molecule has 1 aliphatic rings. The molecule has 0 aliphatic carbocycles. The van der Waals surface area contributed by atoms with Crippen LogP contribution in [0.25, 0.3) is 0 Å². The second-order valence-electron chi connectivity index (χ2n) is 5.07. The van der Waals surface area contributed by atoms with Gasteiger partial charge in [0.15, 0.2) is 5.13 Å². The van der Waals surface area contributed by atoms with E-state index in [1.807, 2.05) is 5.38 Å². The molecule has 0 spiro atoms. The number of hydrogen-bond acceptors (Lipinski definition) is 6. The normalized spacial score (nSPS) is 14.3. The van der Waals surface area contributed by atoms with E-state index >= 15 is 0 Å². The number of ether oxygens (including phenoxy) is 1. The molecule has 6 nitrogen and oxygen atoms in total. The van der Waals surface area contributed by atoms with Crippen LogP contribution < -0.4 is 11.1 Å². The predicted octanol–water partition coefficient (Wildman–Crippen LogP) is 2.65. The third-order valence-electron chi connectivity index (χ3n) is 3.47. The number of carbonyl (C=O) groups excluding carboxylic acids is 1. The maximum absolute atomic E-state index is 12.2. The van der Waals surface area contributed by atoms with Crippen LogP contribution in [0.2, 0.25) is 0 Å². The first-order valence-electron chi connectivity index (χ1n) is 7.13. The number of rotatable bonds is 4. The lowest BCUT2D eigenvalue weighted by molar-refractivity contribution is 0.0337. The first-order valence-corrected chi connectivity index (χ1v) is 8.01. The van der Waals surface area contributed by atoms with Crippen molar-refractivity contribution in [3.63, 3.8) is 0 Å². The summed E-state index contributed by atoms with van der Waals surface area (Å²) in [6.07, 6.45) is 0. The average molecular weight is 391 g/mol. The largest absolute Gasteiger partial charge is 0.398 e. The molecule has 1 aliphatic heterocycles. The number of nitrogen functional groups attached to an aromatic ring is 1. The molecular weight excluding hydrogens is 371 g/mol. The third-order valence-corrected chi connectivity index (χ3v) is 4.27. The van der Waals surface area contributed by atoms with Gasteiger partial charge in [-0.05, 0) is 12.1 Å². The zero-order valence-corrected chi connectivity index (χ0v) is 15.4. The van der Waals surface area contributed by atoms with Crippen molar-refractivity contribution in [1.29, 1.82) is 0 Å². The summed E-state index contributed by atoms with van der Waals surface area (Å²) in [5, 5.41) is 5.37. The smallest absolute Gasteiger partial charge is 0.259 e. The van der Waals surface area contributed by atoms with Gasteiger partial charge in [0.05, 0.1) is 24.5 Å². The zero-order chi connectivity index (χ0) is 15.4. The molecule has 24 heavy (non-hydrogen) atoms. The van der Waals surface area contributed by atoms with Crippen LogP contribution in [0.15, 0.2) is 29.6 Å². The molecule has 2 aromatic rings. The van der Waals surface area contributed by atoms with E-state index in [2.05, 4.69) is 15.2 Å². The Hall–Kier alpha value is -1.38. The van der Waals surface area contributed by atoms with Gasteiger partial charge in [-0.2, -0.15) is 0 Å². The maximum Gasteiger partial charge on any atom is 0.259 e. The number of nitrogens with zero attached hydrogens (tertiary/aromatic N) is 2. The zero-order valence-electron chi connectivity index (χ0n) is 12.9. The van der Waals surface area contributed by atoms with E-state index < -0.39 is 0 Å². The molecule has 0 saturated carbocycles. The van der Waals surface area contributed by atoms with E-state index in [1.54, 1.807) is 24.3 Å². The van der Waals surface area contributed by atoms with Crippen molar-refractivity contribution in [3.05, 3.63) is 40.9 Å². The van der Waals surface area contributed by atoms with Gasteiger partial charge in [0.25, 0.3) is 5.91 Å². The molecule has 1 saturated heterocycles. The second-order valence-corrected chi connectivity index (χ2v) is 5.93. The van der Waals surface area contributed by atoms with Gasteiger partial charge >= 0.3 is 0 Å². The molecule has 2 heterocycles. The summed E-state index contributed by atoms with van der Waals surface area (Å²) in [5.74, 6) is -0.231. The minimum Gasteiger partial charge on any atom is -0.398 e. The Morgan fingerprint density at radius 3 is 2.71 bits per heavy atom. The summed E-state index contributed by atoms with van der Waals surface area (Å²) in [6.45, 7) is 4.14. The molecule has 1 aromatic carbocycles. The Morgan fingerprint density at radius 2 is 2.00 bits per heavy atom. The summed E-state index contributed by atoms with van der Waals surface area (Å²) in [6, 6.07) is 7.00. The number of nitrogens with one attached hydrogen (secondary N) is 1. The highest BCUT2D eigenvalue weighted by Crippen LogP contribution is 2.19. The maximum atomic E-state index is 12.2. The van der Waals surface area contributed by atoms with Crippen molar-refractivity contribution in [3.8, 4) is 0 Å². The predicted molar refractivity (Wildman–Crippen MR) is 102 cm³/mol. The van der Waals surface area contributed by atoms with Crippen molar-refractivity contribution in [2.45, 2.75) is 6.54 Å². The summed E-state index contributed by atoms with van der Waals surface area (Å²) in [5.41, 5.74) is 7.70. The fraction of sp³-hybridized carbons (Fsp3) is 0.333. The van der Waals surface area contributed by atoms with Crippen LogP contribution in [0.5, 0.6) is 0 Å². The number of para-hydroxylation sites is 1. The number of halogens is 2. The van der Waals surface area contributed by atoms with Gasteiger partial charge in [-0.3, -0.25) is 15.0 Å². The number of carbonyl (C=O) groups is 1. The number of hydrogen-bond donors (Lipinski definition) is 2. The van der Waals surface area contributed by atoms with E-state index in [0.717, 1.165) is 38.5 Å². The topological polar surface area (TPSA) is 80.5 Å². The lowest BCUT2D eigenvalue weighted by atomic mass is 10.2. The molecule has 1 aromatic heterocycles. The van der Waals surface area contributed by atoms with Crippen LogP contribution in [-0.4, -0.2) is 42.1 Å². The first kappa shape index (κ1) is 20.7. The van der Waals surface area contributed by atoms with Gasteiger partial charge in [-0.15, -0.1) is 36.2 Å². The molecule has 0 unspecified atom stereocenters. The Labute approximate surface area is 157 Å². The fourth-order valence-electron chi connectivity index (χ4n) is 2.29. The second kappa shape index (κ2) is 9.80. The quantitative estimate of drug-likeness (QED) is 0.784. The van der Waals surface area contributed by atoms with Crippen molar-refractivity contribution < 1.29 is 9.53 Å². The van der Waals surface area contributed by atoms with Crippen LogP contribution in [0.4, 0.5) is 10.8 Å². The monoisotopic (exact) mass is 390 g/mol. The number of aromatic nitrogens is 1. The fourth-order valence-corrected chi connectivity index (χ4v) is 2.99. The standard InChI is InChI=1S/C15H18N4O2S.2ClH/c16-13-4-2-1-3-12(13)14(20)18-15-17-11(10-22-15)9-19-5-7-21-8-6-19;;/h1-4,10H,5-9,16H2,(H,17,18,20);2*1H. The van der Waals surface area contributed by atoms with Gasteiger partial charge in [-0.1, -0.05) is 12.1 Å². The lowest BCUT2D eigenvalue weighted by Crippen LogP contribution is -2.35. The summed E-state index contributed by atoms with van der Waals surface area (Å²) in [7, 11) is 0. The number of benzene rings is 1. The van der Waals surface area contributed by atoms with Gasteiger partial charge in [0, 0.05) is 30.7 Å². The van der Waals surface area contributed by atoms with Crippen molar-refractivity contribution in [1.82, 2.24) is 9.88 Å². The van der Waals surface area contributed by atoms with E-state index in [-0.39, 0.29) is 30.7 Å². The van der Waals surface area contributed by atoms with E-state index in [4.69, 9.17) is 10.5 Å². The van der Waals surface area contributed by atoms with Crippen molar-refractivity contribution in [2.75, 3.05) is 37.4 Å². The molecule has 0 atom stereocenters. The Morgan fingerprint density at radius 1 is 1.29 bits per heavy atom. The van der Waals surface area contributed by atoms with Gasteiger partial charge in [0.2, 0.25) is 0 Å². The molecule has 1 fully saturated rings. The molecular formula is C15H20Cl2N4O2S. The van der Waals surface area contributed by atoms with Gasteiger partial charge in [-0.25, -0.2) is 4.98 Å². The Bertz CT molecular complexity index is 662. The summed E-state index contributed by atoms with van der Waals surface area (Å²) in [4.78, 5) is 18.9. The SMILES string of the molecule is Cl.Cl.Nc1ccccc1C(=O)Nc1nc(CN2CCOCC2)cs1. The van der Waals surface area contributed by atoms with Crippen LogP contribution in [0, 0.1) is 0 Å². The van der Waals surface area contributed by atoms with E-state index in [0.29, 0.717) is 16.4 Å². The van der Waals surface area contributed by atoms with Crippen LogP contribution in [-0.2, 0) is 11.3 Å². The van der Waals surface area contributed by atoms with Crippen molar-refractivity contribution >= 4 is 52.9 Å². The average Bonchev–Trinajstić information content (AvgIpc) is 2.95. The molecule has 0 bridgehead atoms. The molecule has 1 amide bonds. The summed E-state index contributed by atoms with van der Waals surface area (Å²) >= 11 is 1.43. The van der Waals surface area contributed by atoms with E-state index in [1.165, 1.54) is 11.3 Å². The number of anilines is 2. The van der Waals surface area contributed by atoms with Crippen LogP contribution in [0.3, 0.4) is 0 Å². The van der Waals surface area contributed by atoms with Crippen LogP contribution in [0.1, 0.15) is 16.1 Å². The minimum absolute atomic E-state index is 0. The minimum atomic E-state index is -0.231. The van der Waals surface area contributed by atoms with Crippen LogP contribution >= 0.6 is 36.2 Å². The van der Waals surface area contributed by atoms with Gasteiger partial charge in [0.1, 0.15) is 0 Å².